The largest absolute Gasteiger partial charge is 0.355 e. The van der Waals surface area contributed by atoms with Crippen LogP contribution in [0.25, 0.3) is 11.3 Å². The number of Topliss-reactive ketones (excluding diaryl/α,β-unsaturated/α-hetero) is 1. The van der Waals surface area contributed by atoms with E-state index in [0.717, 1.165) is 42.8 Å². The van der Waals surface area contributed by atoms with Crippen molar-refractivity contribution in [3.05, 3.63) is 83.4 Å². The Kier molecular flexibility index (Phi) is 5.67. The third-order valence-electron chi connectivity index (χ3n) is 5.37. The number of anilines is 1. The van der Waals surface area contributed by atoms with Gasteiger partial charge in [-0.1, -0.05) is 60.7 Å². The zero-order valence-corrected chi connectivity index (χ0v) is 16.3. The van der Waals surface area contributed by atoms with Crippen molar-refractivity contribution in [2.45, 2.75) is 25.7 Å². The minimum absolute atomic E-state index is 0.0110. The van der Waals surface area contributed by atoms with Crippen LogP contribution in [-0.2, 0) is 6.42 Å². The van der Waals surface area contributed by atoms with E-state index < -0.39 is 0 Å². The van der Waals surface area contributed by atoms with Crippen molar-refractivity contribution in [1.29, 1.82) is 5.26 Å². The summed E-state index contributed by atoms with van der Waals surface area (Å²) in [7, 11) is 0. The van der Waals surface area contributed by atoms with Crippen LogP contribution in [0.3, 0.4) is 0 Å². The molecule has 144 valence electrons. The highest BCUT2D eigenvalue weighted by molar-refractivity contribution is 5.98. The number of hydrogen-bond donors (Lipinski definition) is 0. The molecule has 4 rings (SSSR count). The third-order valence-corrected chi connectivity index (χ3v) is 5.37. The van der Waals surface area contributed by atoms with Gasteiger partial charge in [-0.2, -0.15) is 5.26 Å². The number of benzene rings is 2. The number of rotatable bonds is 5. The lowest BCUT2D eigenvalue weighted by molar-refractivity contribution is 0.0993. The first-order valence-corrected chi connectivity index (χ1v) is 10.1. The molecule has 4 nitrogen and oxygen atoms in total. The van der Waals surface area contributed by atoms with Crippen LogP contribution in [-0.4, -0.2) is 23.9 Å². The van der Waals surface area contributed by atoms with Crippen molar-refractivity contribution in [1.82, 2.24) is 4.98 Å². The minimum Gasteiger partial charge on any atom is -0.355 e. The van der Waals surface area contributed by atoms with Crippen molar-refractivity contribution < 1.29 is 4.79 Å². The average molecular weight is 381 g/mol. The molecule has 4 heteroatoms. The van der Waals surface area contributed by atoms with E-state index in [4.69, 9.17) is 4.98 Å². The van der Waals surface area contributed by atoms with E-state index in [0.29, 0.717) is 16.9 Å². The van der Waals surface area contributed by atoms with Crippen LogP contribution in [0.4, 0.5) is 5.82 Å². The summed E-state index contributed by atoms with van der Waals surface area (Å²) in [5.41, 5.74) is 3.73. The Balaban J connectivity index is 1.79. The summed E-state index contributed by atoms with van der Waals surface area (Å²) in [6, 6.07) is 23.4. The Morgan fingerprint density at radius 2 is 1.62 bits per heavy atom. The summed E-state index contributed by atoms with van der Waals surface area (Å²) in [6.07, 6.45) is 3.59. The molecule has 0 unspecified atom stereocenters. The summed E-state index contributed by atoms with van der Waals surface area (Å²) in [5, 5.41) is 9.95. The van der Waals surface area contributed by atoms with Crippen molar-refractivity contribution in [3.8, 4) is 17.3 Å². The van der Waals surface area contributed by atoms with Crippen LogP contribution in [0.5, 0.6) is 0 Å². The summed E-state index contributed by atoms with van der Waals surface area (Å²) >= 11 is 0. The molecule has 0 spiro atoms. The van der Waals surface area contributed by atoms with Gasteiger partial charge in [0.15, 0.2) is 5.78 Å². The van der Waals surface area contributed by atoms with E-state index >= 15 is 0 Å². The van der Waals surface area contributed by atoms with E-state index in [1.54, 1.807) is 0 Å². The molecule has 0 aliphatic carbocycles. The second-order valence-electron chi connectivity index (χ2n) is 7.36. The molecule has 0 saturated carbocycles. The van der Waals surface area contributed by atoms with E-state index in [1.807, 2.05) is 66.7 Å². The summed E-state index contributed by atoms with van der Waals surface area (Å²) in [4.78, 5) is 19.9. The molecule has 3 aromatic rings. The molecule has 2 aromatic carbocycles. The number of pyridine rings is 1. The molecule has 1 aliphatic rings. The Hall–Kier alpha value is -3.45. The molecular formula is C25H23N3O. The monoisotopic (exact) mass is 381 g/mol. The van der Waals surface area contributed by atoms with Gasteiger partial charge in [0.05, 0.1) is 11.3 Å². The molecule has 1 fully saturated rings. The molecule has 29 heavy (non-hydrogen) atoms. The number of ketones is 1. The predicted octanol–water partition coefficient (Wildman–Crippen LogP) is 5.04. The number of piperidine rings is 1. The highest BCUT2D eigenvalue weighted by Gasteiger charge is 2.22. The fourth-order valence-corrected chi connectivity index (χ4v) is 3.83. The molecule has 0 radical (unpaired) electrons. The second kappa shape index (κ2) is 8.70. The highest BCUT2D eigenvalue weighted by Crippen LogP contribution is 2.30. The average Bonchev–Trinajstić information content (AvgIpc) is 2.80. The molecule has 0 atom stereocenters. The first-order valence-electron chi connectivity index (χ1n) is 10.1. The van der Waals surface area contributed by atoms with Crippen LogP contribution >= 0.6 is 0 Å². The SMILES string of the molecule is N#Cc1c(CC(=O)c2ccccc2)cc(-c2ccccc2)nc1N1CCCCC1. The van der Waals surface area contributed by atoms with Crippen LogP contribution < -0.4 is 4.90 Å². The van der Waals surface area contributed by atoms with E-state index in [2.05, 4.69) is 11.0 Å². The standard InChI is InChI=1S/C25H23N3O/c26-18-22-21(17-24(29)20-12-6-2-7-13-20)16-23(19-10-4-1-5-11-19)27-25(22)28-14-8-3-9-15-28/h1-2,4-7,10-13,16H,3,8-9,14-15,17H2. The molecule has 1 aromatic heterocycles. The van der Waals surface area contributed by atoms with Crippen molar-refractivity contribution in [2.75, 3.05) is 18.0 Å². The Morgan fingerprint density at radius 3 is 2.28 bits per heavy atom. The quantitative estimate of drug-likeness (QED) is 0.581. The maximum Gasteiger partial charge on any atom is 0.167 e. The molecule has 0 amide bonds. The fraction of sp³-hybridized carbons (Fsp3) is 0.240. The first-order chi connectivity index (χ1) is 14.3. The van der Waals surface area contributed by atoms with Crippen LogP contribution in [0.15, 0.2) is 66.7 Å². The highest BCUT2D eigenvalue weighted by atomic mass is 16.1. The van der Waals surface area contributed by atoms with Gasteiger partial charge in [-0.3, -0.25) is 4.79 Å². The van der Waals surface area contributed by atoms with Gasteiger partial charge in [0.2, 0.25) is 0 Å². The molecular weight excluding hydrogens is 358 g/mol. The second-order valence-corrected chi connectivity index (χ2v) is 7.36. The van der Waals surface area contributed by atoms with Crippen LogP contribution in [0.2, 0.25) is 0 Å². The van der Waals surface area contributed by atoms with Gasteiger partial charge in [0.25, 0.3) is 0 Å². The smallest absolute Gasteiger partial charge is 0.167 e. The minimum atomic E-state index is 0.0110. The normalized spacial score (nSPS) is 13.7. The Bertz CT molecular complexity index is 1030. The van der Waals surface area contributed by atoms with Crippen molar-refractivity contribution in [2.24, 2.45) is 0 Å². The maximum atomic E-state index is 12.9. The predicted molar refractivity (Wildman–Crippen MR) is 115 cm³/mol. The van der Waals surface area contributed by atoms with E-state index in [9.17, 15) is 10.1 Å². The molecule has 1 saturated heterocycles. The maximum absolute atomic E-state index is 12.9. The van der Waals surface area contributed by atoms with Gasteiger partial charge in [-0.25, -0.2) is 4.98 Å². The van der Waals surface area contributed by atoms with E-state index in [1.165, 1.54) is 6.42 Å². The number of carbonyl (C=O) groups excluding carboxylic acids is 1. The summed E-state index contributed by atoms with van der Waals surface area (Å²) in [6.45, 7) is 1.79. The molecule has 1 aliphatic heterocycles. The number of hydrogen-bond acceptors (Lipinski definition) is 4. The topological polar surface area (TPSA) is 57.0 Å². The number of carbonyl (C=O) groups is 1. The Labute approximate surface area is 171 Å². The molecule has 2 heterocycles. The van der Waals surface area contributed by atoms with Crippen molar-refractivity contribution >= 4 is 11.6 Å². The fourth-order valence-electron chi connectivity index (χ4n) is 3.83. The number of aromatic nitrogens is 1. The van der Waals surface area contributed by atoms with Crippen molar-refractivity contribution in [3.63, 3.8) is 0 Å². The van der Waals surface area contributed by atoms with Gasteiger partial charge in [-0.15, -0.1) is 0 Å². The van der Waals surface area contributed by atoms with Gasteiger partial charge in [0, 0.05) is 30.6 Å². The summed E-state index contributed by atoms with van der Waals surface area (Å²) in [5.74, 6) is 0.723. The zero-order valence-electron chi connectivity index (χ0n) is 16.3. The lowest BCUT2D eigenvalue weighted by Crippen LogP contribution is -2.31. The molecule has 0 N–H and O–H groups in total. The van der Waals surface area contributed by atoms with Gasteiger partial charge in [-0.05, 0) is 30.9 Å². The van der Waals surface area contributed by atoms with Crippen LogP contribution in [0.1, 0.15) is 40.7 Å². The van der Waals surface area contributed by atoms with Crippen LogP contribution in [0, 0.1) is 11.3 Å². The van der Waals surface area contributed by atoms with Gasteiger partial charge in [0.1, 0.15) is 11.9 Å². The third kappa shape index (κ3) is 4.20. The molecule has 0 bridgehead atoms. The number of nitriles is 1. The first kappa shape index (κ1) is 18.9. The Morgan fingerprint density at radius 1 is 0.966 bits per heavy atom. The zero-order chi connectivity index (χ0) is 20.1. The van der Waals surface area contributed by atoms with E-state index in [-0.39, 0.29) is 12.2 Å². The van der Waals surface area contributed by atoms with Gasteiger partial charge < -0.3 is 4.90 Å². The van der Waals surface area contributed by atoms with Gasteiger partial charge >= 0.3 is 0 Å². The lowest BCUT2D eigenvalue weighted by Gasteiger charge is -2.29. The number of nitrogens with zero attached hydrogens (tertiary/aromatic N) is 3. The lowest BCUT2D eigenvalue weighted by atomic mass is 9.97. The summed E-state index contributed by atoms with van der Waals surface area (Å²) < 4.78 is 0.